The van der Waals surface area contributed by atoms with E-state index in [-0.39, 0.29) is 5.54 Å². The molecule has 0 bridgehead atoms. The molecule has 0 amide bonds. The molecule has 1 N–H and O–H groups in total. The van der Waals surface area contributed by atoms with Crippen LogP contribution in [0.25, 0.3) is 11.3 Å². The van der Waals surface area contributed by atoms with Gasteiger partial charge in [-0.3, -0.25) is 0 Å². The van der Waals surface area contributed by atoms with Crippen molar-refractivity contribution in [3.05, 3.63) is 35.4 Å². The molecule has 0 aliphatic heterocycles. The highest BCUT2D eigenvalue weighted by Gasteiger charge is 2.24. The Hall–Kier alpha value is -1.77. The SMILES string of the molecule is CCCc1c(-c2cccc(C)c2)nn(C(C)(C)C)c1O. The lowest BCUT2D eigenvalue weighted by Crippen LogP contribution is -2.22. The highest BCUT2D eigenvalue weighted by Crippen LogP contribution is 2.34. The van der Waals surface area contributed by atoms with Crippen LogP contribution in [0.4, 0.5) is 0 Å². The normalized spacial score (nSPS) is 11.8. The van der Waals surface area contributed by atoms with Gasteiger partial charge in [-0.25, -0.2) is 4.68 Å². The van der Waals surface area contributed by atoms with Crippen LogP contribution in [0, 0.1) is 6.92 Å². The predicted octanol–water partition coefficient (Wildman–Crippen LogP) is 4.27. The minimum absolute atomic E-state index is 0.228. The molecule has 1 aromatic heterocycles. The Balaban J connectivity index is 2.63. The Bertz CT molecular complexity index is 606. The van der Waals surface area contributed by atoms with E-state index in [4.69, 9.17) is 0 Å². The fraction of sp³-hybridized carbons (Fsp3) is 0.471. The van der Waals surface area contributed by atoms with Gasteiger partial charge in [0.2, 0.25) is 5.88 Å². The molecule has 0 unspecified atom stereocenters. The summed E-state index contributed by atoms with van der Waals surface area (Å²) in [6.07, 6.45) is 1.83. The number of aryl methyl sites for hydroxylation is 1. The van der Waals surface area contributed by atoms with E-state index in [1.807, 2.05) is 6.07 Å². The summed E-state index contributed by atoms with van der Waals surface area (Å²) >= 11 is 0. The smallest absolute Gasteiger partial charge is 0.213 e. The minimum atomic E-state index is -0.228. The lowest BCUT2D eigenvalue weighted by atomic mass is 10.0. The van der Waals surface area contributed by atoms with Crippen molar-refractivity contribution in [2.45, 2.75) is 53.0 Å². The number of rotatable bonds is 3. The van der Waals surface area contributed by atoms with Crippen molar-refractivity contribution in [3.63, 3.8) is 0 Å². The van der Waals surface area contributed by atoms with Gasteiger partial charge in [0.1, 0.15) is 0 Å². The van der Waals surface area contributed by atoms with Crippen LogP contribution in [0.3, 0.4) is 0 Å². The summed E-state index contributed by atoms with van der Waals surface area (Å²) in [5, 5.41) is 15.2. The molecule has 0 aliphatic rings. The number of hydrogen-bond acceptors (Lipinski definition) is 2. The monoisotopic (exact) mass is 272 g/mol. The highest BCUT2D eigenvalue weighted by atomic mass is 16.3. The van der Waals surface area contributed by atoms with Crippen molar-refractivity contribution < 1.29 is 5.11 Å². The zero-order chi connectivity index (χ0) is 14.9. The van der Waals surface area contributed by atoms with Gasteiger partial charge in [0, 0.05) is 11.1 Å². The van der Waals surface area contributed by atoms with Gasteiger partial charge in [0.25, 0.3) is 0 Å². The van der Waals surface area contributed by atoms with E-state index >= 15 is 0 Å². The third kappa shape index (κ3) is 2.72. The average Bonchev–Trinajstić information content (AvgIpc) is 2.68. The molecule has 0 spiro atoms. The summed E-state index contributed by atoms with van der Waals surface area (Å²) in [6, 6.07) is 8.28. The first kappa shape index (κ1) is 14.6. The fourth-order valence-electron chi connectivity index (χ4n) is 2.41. The Morgan fingerprint density at radius 2 is 1.95 bits per heavy atom. The molecular weight excluding hydrogens is 248 g/mol. The van der Waals surface area contributed by atoms with E-state index in [0.29, 0.717) is 5.88 Å². The third-order valence-corrected chi connectivity index (χ3v) is 3.38. The molecule has 0 atom stereocenters. The van der Waals surface area contributed by atoms with Crippen molar-refractivity contribution in [1.29, 1.82) is 0 Å². The Morgan fingerprint density at radius 1 is 1.25 bits per heavy atom. The zero-order valence-electron chi connectivity index (χ0n) is 13.1. The van der Waals surface area contributed by atoms with E-state index in [1.165, 1.54) is 5.56 Å². The van der Waals surface area contributed by atoms with Gasteiger partial charge >= 0.3 is 0 Å². The first-order valence-corrected chi connectivity index (χ1v) is 7.23. The predicted molar refractivity (Wildman–Crippen MR) is 83.1 cm³/mol. The number of aromatic hydroxyl groups is 1. The van der Waals surface area contributed by atoms with Gasteiger partial charge in [0.05, 0.1) is 11.2 Å². The van der Waals surface area contributed by atoms with E-state index in [0.717, 1.165) is 29.7 Å². The van der Waals surface area contributed by atoms with E-state index in [1.54, 1.807) is 4.68 Å². The summed E-state index contributed by atoms with van der Waals surface area (Å²) in [7, 11) is 0. The quantitative estimate of drug-likeness (QED) is 0.906. The standard InChI is InChI=1S/C17H24N2O/c1-6-8-14-15(13-10-7-9-12(2)11-13)18-19(16(14)20)17(3,4)5/h7,9-11,20H,6,8H2,1-5H3. The second-order valence-electron chi connectivity index (χ2n) is 6.35. The Morgan fingerprint density at radius 3 is 2.50 bits per heavy atom. The van der Waals surface area contributed by atoms with Crippen molar-refractivity contribution in [1.82, 2.24) is 9.78 Å². The van der Waals surface area contributed by atoms with Crippen LogP contribution in [0.15, 0.2) is 24.3 Å². The lowest BCUT2D eigenvalue weighted by molar-refractivity contribution is 0.293. The van der Waals surface area contributed by atoms with Crippen molar-refractivity contribution in [2.75, 3.05) is 0 Å². The van der Waals surface area contributed by atoms with Gasteiger partial charge < -0.3 is 5.11 Å². The van der Waals surface area contributed by atoms with E-state index in [9.17, 15) is 5.11 Å². The van der Waals surface area contributed by atoms with Crippen molar-refractivity contribution >= 4 is 0 Å². The molecular formula is C17H24N2O. The summed E-state index contributed by atoms with van der Waals surface area (Å²) < 4.78 is 1.73. The topological polar surface area (TPSA) is 38.0 Å². The maximum Gasteiger partial charge on any atom is 0.213 e. The maximum absolute atomic E-state index is 10.5. The highest BCUT2D eigenvalue weighted by molar-refractivity contribution is 5.66. The van der Waals surface area contributed by atoms with Crippen LogP contribution in [0.1, 0.15) is 45.2 Å². The first-order chi connectivity index (χ1) is 9.34. The third-order valence-electron chi connectivity index (χ3n) is 3.38. The molecule has 0 saturated carbocycles. The molecule has 0 fully saturated rings. The van der Waals surface area contributed by atoms with Gasteiger partial charge in [-0.15, -0.1) is 0 Å². The second kappa shape index (κ2) is 5.31. The average molecular weight is 272 g/mol. The second-order valence-corrected chi connectivity index (χ2v) is 6.35. The molecule has 0 aliphatic carbocycles. The van der Waals surface area contributed by atoms with Crippen LogP contribution in [0.2, 0.25) is 0 Å². The van der Waals surface area contributed by atoms with Crippen molar-refractivity contribution in [2.24, 2.45) is 0 Å². The molecule has 0 saturated heterocycles. The van der Waals surface area contributed by atoms with Crippen LogP contribution >= 0.6 is 0 Å². The maximum atomic E-state index is 10.5. The van der Waals surface area contributed by atoms with Gasteiger partial charge in [-0.05, 0) is 40.2 Å². The Kier molecular flexibility index (Phi) is 3.89. The van der Waals surface area contributed by atoms with Crippen LogP contribution in [-0.4, -0.2) is 14.9 Å². The molecule has 1 heterocycles. The number of hydrogen-bond donors (Lipinski definition) is 1. The number of nitrogens with zero attached hydrogens (tertiary/aromatic N) is 2. The molecule has 1 aromatic carbocycles. The Labute approximate surface area is 121 Å². The molecule has 20 heavy (non-hydrogen) atoms. The molecule has 0 radical (unpaired) electrons. The molecule has 2 aromatic rings. The van der Waals surface area contributed by atoms with E-state index < -0.39 is 0 Å². The van der Waals surface area contributed by atoms with Crippen LogP contribution in [-0.2, 0) is 12.0 Å². The van der Waals surface area contributed by atoms with Crippen LogP contribution in [0.5, 0.6) is 5.88 Å². The van der Waals surface area contributed by atoms with Gasteiger partial charge in [0.15, 0.2) is 0 Å². The largest absolute Gasteiger partial charge is 0.493 e. The van der Waals surface area contributed by atoms with Gasteiger partial charge in [-0.2, -0.15) is 5.10 Å². The lowest BCUT2D eigenvalue weighted by Gasteiger charge is -2.20. The van der Waals surface area contributed by atoms with Crippen LogP contribution < -0.4 is 0 Å². The first-order valence-electron chi connectivity index (χ1n) is 7.23. The summed E-state index contributed by atoms with van der Waals surface area (Å²) in [5.74, 6) is 0.302. The summed E-state index contributed by atoms with van der Waals surface area (Å²) in [4.78, 5) is 0. The molecule has 3 heteroatoms. The van der Waals surface area contributed by atoms with Gasteiger partial charge in [-0.1, -0.05) is 37.1 Å². The van der Waals surface area contributed by atoms with E-state index in [2.05, 4.69) is 57.9 Å². The fourth-order valence-corrected chi connectivity index (χ4v) is 2.41. The molecule has 2 rings (SSSR count). The molecule has 108 valence electrons. The summed E-state index contributed by atoms with van der Waals surface area (Å²) in [6.45, 7) is 10.3. The minimum Gasteiger partial charge on any atom is -0.493 e. The number of benzene rings is 1. The number of aromatic nitrogens is 2. The summed E-state index contributed by atoms with van der Waals surface area (Å²) in [5.41, 5.74) is 3.91. The van der Waals surface area contributed by atoms with Crippen molar-refractivity contribution in [3.8, 4) is 17.1 Å². The zero-order valence-corrected chi connectivity index (χ0v) is 13.1. The molecule has 3 nitrogen and oxygen atoms in total.